The Bertz CT molecular complexity index is 597. The maximum atomic E-state index is 13.4. The Morgan fingerprint density at radius 3 is 2.89 bits per heavy atom. The molecule has 0 aliphatic rings. The molecule has 1 aromatic carbocycles. The number of aromatic nitrogens is 1. The van der Waals surface area contributed by atoms with Crippen LogP contribution in [-0.2, 0) is 11.3 Å². The van der Waals surface area contributed by atoms with Crippen LogP contribution in [0.2, 0.25) is 0 Å². The molecule has 2 N–H and O–H groups in total. The van der Waals surface area contributed by atoms with Gasteiger partial charge in [0.15, 0.2) is 0 Å². The van der Waals surface area contributed by atoms with Crippen LogP contribution in [0, 0.1) is 12.7 Å². The number of nitrogens with zero attached hydrogens (tertiary/aromatic N) is 1. The van der Waals surface area contributed by atoms with Gasteiger partial charge in [0.2, 0.25) is 5.91 Å². The molecular formula is C13H14FN3OS. The molecule has 19 heavy (non-hydrogen) atoms. The average molecular weight is 279 g/mol. The van der Waals surface area contributed by atoms with Crippen molar-refractivity contribution in [3.8, 4) is 0 Å². The first-order chi connectivity index (χ1) is 9.04. The summed E-state index contributed by atoms with van der Waals surface area (Å²) in [5.74, 6) is -0.752. The third-order valence-corrected chi connectivity index (χ3v) is 3.35. The number of carbonyl (C=O) groups is 1. The Morgan fingerprint density at radius 1 is 1.47 bits per heavy atom. The van der Waals surface area contributed by atoms with Crippen molar-refractivity contribution < 1.29 is 9.18 Å². The highest BCUT2D eigenvalue weighted by molar-refractivity contribution is 7.09. The van der Waals surface area contributed by atoms with Gasteiger partial charge in [0, 0.05) is 23.7 Å². The van der Waals surface area contributed by atoms with Crippen molar-refractivity contribution in [1.82, 2.24) is 4.98 Å². The number of nitrogens with one attached hydrogen (secondary N) is 2. The second kappa shape index (κ2) is 5.79. The predicted molar refractivity (Wildman–Crippen MR) is 74.9 cm³/mol. The lowest BCUT2D eigenvalue weighted by atomic mass is 10.2. The highest BCUT2D eigenvalue weighted by Gasteiger charge is 2.05. The van der Waals surface area contributed by atoms with Crippen molar-refractivity contribution in [2.45, 2.75) is 20.4 Å². The highest BCUT2D eigenvalue weighted by atomic mass is 32.1. The van der Waals surface area contributed by atoms with E-state index in [1.54, 1.807) is 23.5 Å². The summed E-state index contributed by atoms with van der Waals surface area (Å²) >= 11 is 1.57. The minimum Gasteiger partial charge on any atom is -0.378 e. The third-order valence-electron chi connectivity index (χ3n) is 2.39. The number of hydrogen-bond acceptors (Lipinski definition) is 4. The molecule has 0 saturated carbocycles. The molecule has 1 amide bonds. The fourth-order valence-corrected chi connectivity index (χ4v) is 2.29. The summed E-state index contributed by atoms with van der Waals surface area (Å²) in [4.78, 5) is 15.3. The zero-order chi connectivity index (χ0) is 13.8. The van der Waals surface area contributed by atoms with Gasteiger partial charge in [-0.2, -0.15) is 0 Å². The van der Waals surface area contributed by atoms with Crippen molar-refractivity contribution in [3.63, 3.8) is 0 Å². The van der Waals surface area contributed by atoms with E-state index >= 15 is 0 Å². The predicted octanol–water partition coefficient (Wildman–Crippen LogP) is 3.16. The Labute approximate surface area is 114 Å². The quantitative estimate of drug-likeness (QED) is 0.904. The van der Waals surface area contributed by atoms with Gasteiger partial charge in [0.1, 0.15) is 10.8 Å². The van der Waals surface area contributed by atoms with Crippen LogP contribution in [0.25, 0.3) is 0 Å². The minimum atomic E-state index is -0.453. The summed E-state index contributed by atoms with van der Waals surface area (Å²) in [7, 11) is 0. The van der Waals surface area contributed by atoms with E-state index < -0.39 is 5.82 Å². The lowest BCUT2D eigenvalue weighted by Crippen LogP contribution is -2.08. The first-order valence-electron chi connectivity index (χ1n) is 5.76. The van der Waals surface area contributed by atoms with E-state index in [4.69, 9.17) is 0 Å². The molecule has 100 valence electrons. The van der Waals surface area contributed by atoms with Gasteiger partial charge < -0.3 is 10.6 Å². The molecule has 0 bridgehead atoms. The smallest absolute Gasteiger partial charge is 0.221 e. The minimum absolute atomic E-state index is 0.174. The molecule has 0 atom stereocenters. The molecular weight excluding hydrogens is 265 g/mol. The van der Waals surface area contributed by atoms with E-state index in [0.717, 1.165) is 16.4 Å². The number of rotatable bonds is 4. The number of thiazole rings is 1. The average Bonchev–Trinajstić information content (AvgIpc) is 2.75. The Kier molecular flexibility index (Phi) is 4.11. The van der Waals surface area contributed by atoms with E-state index in [9.17, 15) is 9.18 Å². The van der Waals surface area contributed by atoms with E-state index in [1.807, 2.05) is 12.3 Å². The van der Waals surface area contributed by atoms with Gasteiger partial charge in [-0.25, -0.2) is 9.37 Å². The fourth-order valence-electron chi connectivity index (χ4n) is 1.58. The molecule has 1 heterocycles. The van der Waals surface area contributed by atoms with Gasteiger partial charge in [-0.3, -0.25) is 4.79 Å². The zero-order valence-corrected chi connectivity index (χ0v) is 11.5. The maximum absolute atomic E-state index is 13.4. The van der Waals surface area contributed by atoms with E-state index in [0.29, 0.717) is 6.54 Å². The molecule has 0 aliphatic carbocycles. The summed E-state index contributed by atoms with van der Waals surface area (Å²) < 4.78 is 13.4. The molecule has 0 saturated heterocycles. The van der Waals surface area contributed by atoms with Crippen LogP contribution in [0.15, 0.2) is 23.6 Å². The van der Waals surface area contributed by atoms with Crippen molar-refractivity contribution in [3.05, 3.63) is 40.1 Å². The van der Waals surface area contributed by atoms with Gasteiger partial charge in [-0.15, -0.1) is 11.3 Å². The van der Waals surface area contributed by atoms with E-state index in [1.165, 1.54) is 13.0 Å². The van der Waals surface area contributed by atoms with Crippen molar-refractivity contribution in [2.24, 2.45) is 0 Å². The second-order valence-electron chi connectivity index (χ2n) is 4.11. The Balaban J connectivity index is 2.06. The topological polar surface area (TPSA) is 54.0 Å². The standard InChI is InChI=1S/C13H14FN3OS/c1-8-7-19-13(16-8)6-15-10-3-4-11(14)12(5-10)17-9(2)18/h3-5,7,15H,6H2,1-2H3,(H,17,18). The van der Waals surface area contributed by atoms with Crippen molar-refractivity contribution in [2.75, 3.05) is 10.6 Å². The zero-order valence-electron chi connectivity index (χ0n) is 10.7. The summed E-state index contributed by atoms with van der Waals surface area (Å²) in [5, 5.41) is 8.53. The number of carbonyl (C=O) groups excluding carboxylic acids is 1. The van der Waals surface area contributed by atoms with Crippen LogP contribution in [-0.4, -0.2) is 10.9 Å². The number of hydrogen-bond donors (Lipinski definition) is 2. The van der Waals surface area contributed by atoms with Crippen molar-refractivity contribution in [1.29, 1.82) is 0 Å². The lowest BCUT2D eigenvalue weighted by Gasteiger charge is -2.08. The molecule has 6 heteroatoms. The normalized spacial score (nSPS) is 10.3. The molecule has 0 spiro atoms. The molecule has 0 fully saturated rings. The lowest BCUT2D eigenvalue weighted by molar-refractivity contribution is -0.114. The van der Waals surface area contributed by atoms with Gasteiger partial charge in [-0.1, -0.05) is 0 Å². The number of benzene rings is 1. The molecule has 2 aromatic rings. The first kappa shape index (κ1) is 13.5. The van der Waals surface area contributed by atoms with Crippen LogP contribution in [0.4, 0.5) is 15.8 Å². The Morgan fingerprint density at radius 2 is 2.26 bits per heavy atom. The SMILES string of the molecule is CC(=O)Nc1cc(NCc2nc(C)cs2)ccc1F. The first-order valence-corrected chi connectivity index (χ1v) is 6.64. The van der Waals surface area contributed by atoms with Gasteiger partial charge in [0.25, 0.3) is 0 Å². The maximum Gasteiger partial charge on any atom is 0.221 e. The summed E-state index contributed by atoms with van der Waals surface area (Å²) in [6.07, 6.45) is 0. The van der Waals surface area contributed by atoms with Crippen LogP contribution >= 0.6 is 11.3 Å². The van der Waals surface area contributed by atoms with Gasteiger partial charge >= 0.3 is 0 Å². The number of amides is 1. The largest absolute Gasteiger partial charge is 0.378 e. The Hall–Kier alpha value is -1.95. The monoisotopic (exact) mass is 279 g/mol. The summed E-state index contributed by atoms with van der Waals surface area (Å²) in [5.41, 5.74) is 1.89. The van der Waals surface area contributed by atoms with Crippen LogP contribution in [0.3, 0.4) is 0 Å². The summed E-state index contributed by atoms with van der Waals surface area (Å²) in [6, 6.07) is 4.51. The van der Waals surface area contributed by atoms with Crippen LogP contribution in [0.5, 0.6) is 0 Å². The van der Waals surface area contributed by atoms with E-state index in [2.05, 4.69) is 15.6 Å². The van der Waals surface area contributed by atoms with Gasteiger partial charge in [-0.05, 0) is 25.1 Å². The van der Waals surface area contributed by atoms with E-state index in [-0.39, 0.29) is 11.6 Å². The highest BCUT2D eigenvalue weighted by Crippen LogP contribution is 2.20. The molecule has 0 unspecified atom stereocenters. The van der Waals surface area contributed by atoms with Crippen LogP contribution in [0.1, 0.15) is 17.6 Å². The molecule has 1 aromatic heterocycles. The number of anilines is 2. The van der Waals surface area contributed by atoms with Gasteiger partial charge in [0.05, 0.1) is 12.2 Å². The number of aryl methyl sites for hydroxylation is 1. The summed E-state index contributed by atoms with van der Waals surface area (Å²) in [6.45, 7) is 3.86. The number of halogens is 1. The molecule has 0 aliphatic heterocycles. The molecule has 0 radical (unpaired) electrons. The molecule has 2 rings (SSSR count). The van der Waals surface area contributed by atoms with Crippen LogP contribution < -0.4 is 10.6 Å². The van der Waals surface area contributed by atoms with Crippen molar-refractivity contribution >= 4 is 28.6 Å². The molecule has 4 nitrogen and oxygen atoms in total. The third kappa shape index (κ3) is 3.75. The fraction of sp³-hybridized carbons (Fsp3) is 0.231. The second-order valence-corrected chi connectivity index (χ2v) is 5.05.